The summed E-state index contributed by atoms with van der Waals surface area (Å²) in [7, 11) is 0. The Kier molecular flexibility index (Phi) is 36.5. The van der Waals surface area contributed by atoms with Crippen LogP contribution in [0.4, 0.5) is 28.4 Å². The third-order valence-corrected chi connectivity index (χ3v) is 17.5. The van der Waals surface area contributed by atoms with Gasteiger partial charge in [0, 0.05) is 110 Å². The zero-order valence-corrected chi connectivity index (χ0v) is 59.6. The largest absolute Gasteiger partial charge is 0.399 e. The number of non-ortho nitro benzene ring substituents is 3. The van der Waals surface area contributed by atoms with Gasteiger partial charge in [-0.2, -0.15) is 0 Å². The summed E-state index contributed by atoms with van der Waals surface area (Å²) in [5, 5.41) is 32.6. The van der Waals surface area contributed by atoms with Crippen LogP contribution in [0.1, 0.15) is 147 Å². The van der Waals surface area contributed by atoms with Crippen LogP contribution in [-0.4, -0.2) is 148 Å². The first-order valence-electron chi connectivity index (χ1n) is 32.7. The van der Waals surface area contributed by atoms with Gasteiger partial charge in [-0.05, 0) is 114 Å². The van der Waals surface area contributed by atoms with Crippen LogP contribution >= 0.6 is 15.9 Å². The standard InChI is InChI=1S/2C14H15N3O4.2C14H19N3O2.C11H10BrNO3.C4H10N2O.2CH4/c2*1-2-12(14(15)19)16-8-10(7-13(16)18)9-4-3-5-11(6-9)17(20)21;2*1-2-12(14(16)19)17-8-10(7-13(17)18)9-4-3-5-11(15)6-9;1-8(14)5-10(7-12)9-3-2-4-11(6-9)13(15)16;1-2-3(5)4(6)7;;/h3-6,8,12H,2,7H2,1H3,(H2,15,19);3-7,12H,2,8H2,1H3,(H2,15,19);2*3-6,10,12H,2,7-8,15H2,1H3,(H2,16,19);2-6H,7H2,1H3;3H,2,5H2,1H3,(H2,6,7);2*1H4/b;;;;10-5+;;;/t2*12-;2*10?,12-;;3-;;/m0000.0../s1. The summed E-state index contributed by atoms with van der Waals surface area (Å²) >= 11 is 3.25. The number of anilines is 2. The van der Waals surface area contributed by atoms with Crippen molar-refractivity contribution in [1.82, 2.24) is 19.6 Å². The molecule has 0 radical (unpaired) electrons. The maximum Gasteiger partial charge on any atom is 0.270 e. The number of carbonyl (C=O) groups is 10. The molecule has 9 rings (SSSR count). The molecule has 566 valence electrons. The predicted octanol–water partition coefficient (Wildman–Crippen LogP) is 7.66. The molecule has 2 saturated heterocycles. The molecule has 2 unspecified atom stereocenters. The normalized spacial score (nSPS) is 16.4. The molecule has 16 N–H and O–H groups in total. The lowest BCUT2D eigenvalue weighted by Crippen LogP contribution is -2.45. The summed E-state index contributed by atoms with van der Waals surface area (Å²) in [6.45, 7) is 11.8. The van der Waals surface area contributed by atoms with Crippen molar-refractivity contribution in [2.45, 2.75) is 150 Å². The lowest BCUT2D eigenvalue weighted by Gasteiger charge is -2.24. The molecule has 0 spiro atoms. The molecule has 4 aliphatic rings. The van der Waals surface area contributed by atoms with Gasteiger partial charge in [-0.1, -0.05) is 126 Å². The number of nitrogens with zero attached hydrogens (tertiary/aromatic N) is 7. The Morgan fingerprint density at radius 2 is 0.914 bits per heavy atom. The number of ketones is 1. The number of rotatable bonds is 24. The van der Waals surface area contributed by atoms with Crippen LogP contribution in [0.5, 0.6) is 0 Å². The van der Waals surface area contributed by atoms with Crippen LogP contribution in [0, 0.1) is 30.3 Å². The highest BCUT2D eigenvalue weighted by molar-refractivity contribution is 9.09. The molecule has 5 aromatic rings. The molecule has 9 amide bonds. The molecular weight excluding hydrogens is 1420 g/mol. The summed E-state index contributed by atoms with van der Waals surface area (Å²) in [5.41, 5.74) is 50.0. The Morgan fingerprint density at radius 1 is 0.524 bits per heavy atom. The summed E-state index contributed by atoms with van der Waals surface area (Å²) in [4.78, 5) is 151. The maximum absolute atomic E-state index is 12.0. The highest BCUT2D eigenvalue weighted by atomic mass is 79.9. The number of nitrogen functional groups attached to an aromatic ring is 2. The van der Waals surface area contributed by atoms with Crippen molar-refractivity contribution in [3.05, 3.63) is 198 Å². The van der Waals surface area contributed by atoms with Gasteiger partial charge >= 0.3 is 0 Å². The second-order valence-electron chi connectivity index (χ2n) is 24.1. The van der Waals surface area contributed by atoms with Crippen LogP contribution in [-0.2, 0) is 47.9 Å². The minimum atomic E-state index is -0.686. The molecule has 31 nitrogen and oxygen atoms in total. The van der Waals surface area contributed by atoms with Crippen LogP contribution in [0.2, 0.25) is 0 Å². The van der Waals surface area contributed by atoms with Gasteiger partial charge in [-0.15, -0.1) is 0 Å². The van der Waals surface area contributed by atoms with Crippen LogP contribution in [0.25, 0.3) is 16.7 Å². The average molecular weight is 1520 g/mol. The molecule has 5 aromatic carbocycles. The van der Waals surface area contributed by atoms with Crippen molar-refractivity contribution in [1.29, 1.82) is 0 Å². The third kappa shape index (κ3) is 26.0. The van der Waals surface area contributed by atoms with Gasteiger partial charge in [-0.25, -0.2) is 0 Å². The number of hydrogen-bond donors (Lipinski definition) is 8. The Balaban J connectivity index is 0.000000435. The fourth-order valence-corrected chi connectivity index (χ4v) is 11.9. The Morgan fingerprint density at radius 3 is 1.27 bits per heavy atom. The molecule has 0 aromatic heterocycles. The van der Waals surface area contributed by atoms with Gasteiger partial charge in [0.1, 0.15) is 24.2 Å². The van der Waals surface area contributed by atoms with Gasteiger partial charge in [0.2, 0.25) is 53.2 Å². The second-order valence-corrected chi connectivity index (χ2v) is 24.6. The lowest BCUT2D eigenvalue weighted by atomic mass is 9.98. The second kappa shape index (κ2) is 42.8. The van der Waals surface area contributed by atoms with Gasteiger partial charge in [0.05, 0.1) is 27.2 Å². The SMILES string of the molecule is C.C.CC(=O)/C=C(\CBr)c1cccc([N+](=O)[O-])c1.CC[C@@H](C(N)=O)N1C=C(c2cccc([N+](=O)[O-])c2)CC1=O.CC[C@@H](C(N)=O)N1CC(c2cccc(N)c2)CC1=O.CC[C@@H](C(N)=O)N1CC(c2cccc(N)c2)CC1=O.CC[C@@H](C(N)=O)N1CC(c2cccc([N+](=O)[O-])c2)=CC1=O.CC[C@H](N)C(N)=O. The zero-order valence-electron chi connectivity index (χ0n) is 58.0. The predicted molar refractivity (Wildman–Crippen MR) is 405 cm³/mol. The van der Waals surface area contributed by atoms with E-state index in [1.807, 2.05) is 69.3 Å². The zero-order chi connectivity index (χ0) is 77.1. The van der Waals surface area contributed by atoms with Gasteiger partial charge in [0.15, 0.2) is 5.78 Å². The number of nitro benzene ring substituents is 3. The smallest absolute Gasteiger partial charge is 0.270 e. The molecule has 4 aliphatic heterocycles. The molecule has 2 fully saturated rings. The molecule has 0 aliphatic carbocycles. The summed E-state index contributed by atoms with van der Waals surface area (Å²) in [5.74, 6) is -2.91. The summed E-state index contributed by atoms with van der Waals surface area (Å²) < 4.78 is 0. The minimum absolute atomic E-state index is 0. The van der Waals surface area contributed by atoms with E-state index in [4.69, 9.17) is 45.9 Å². The van der Waals surface area contributed by atoms with Crippen molar-refractivity contribution >= 4 is 120 Å². The number of amides is 9. The summed E-state index contributed by atoms with van der Waals surface area (Å²) in [6.07, 6.45) is 7.89. The first kappa shape index (κ1) is 89.5. The molecule has 0 bridgehead atoms. The monoisotopic (exact) mass is 1520 g/mol. The van der Waals surface area contributed by atoms with Crippen molar-refractivity contribution in [3.8, 4) is 0 Å². The van der Waals surface area contributed by atoms with Crippen molar-refractivity contribution < 1.29 is 62.7 Å². The van der Waals surface area contributed by atoms with E-state index in [0.29, 0.717) is 103 Å². The molecule has 32 heteroatoms. The van der Waals surface area contributed by atoms with Crippen LogP contribution < -0.4 is 45.9 Å². The Bertz CT molecular complexity index is 3980. The van der Waals surface area contributed by atoms with Crippen molar-refractivity contribution in [2.24, 2.45) is 34.4 Å². The molecule has 4 heterocycles. The highest BCUT2D eigenvalue weighted by Gasteiger charge is 2.39. The van der Waals surface area contributed by atoms with E-state index in [1.54, 1.807) is 66.2 Å². The van der Waals surface area contributed by atoms with Crippen LogP contribution in [0.15, 0.2) is 140 Å². The number of halogens is 1. The van der Waals surface area contributed by atoms with Gasteiger partial charge < -0.3 is 65.5 Å². The minimum Gasteiger partial charge on any atom is -0.399 e. The number of nitro groups is 3. The first-order valence-corrected chi connectivity index (χ1v) is 33.8. The molecule has 7 atom stereocenters. The van der Waals surface area contributed by atoms with E-state index in [0.717, 1.165) is 16.7 Å². The van der Waals surface area contributed by atoms with E-state index in [9.17, 15) is 78.3 Å². The number of allylic oxidation sites excluding steroid dienone is 2. The fourth-order valence-electron chi connectivity index (χ4n) is 11.5. The number of benzene rings is 5. The highest BCUT2D eigenvalue weighted by Crippen LogP contribution is 2.34. The van der Waals surface area contributed by atoms with E-state index in [1.165, 1.54) is 65.3 Å². The molecular formula is C73H96BrN15O16. The van der Waals surface area contributed by atoms with Gasteiger partial charge in [-0.3, -0.25) is 78.3 Å². The Labute approximate surface area is 618 Å². The number of hydrogen-bond acceptors (Lipinski definition) is 19. The van der Waals surface area contributed by atoms with Gasteiger partial charge in [0.25, 0.3) is 17.1 Å². The van der Waals surface area contributed by atoms with Crippen molar-refractivity contribution in [2.75, 3.05) is 36.4 Å². The maximum atomic E-state index is 12.0. The Hall–Kier alpha value is -11.5. The average Bonchev–Trinajstić information content (AvgIpc) is 1.70. The molecule has 105 heavy (non-hydrogen) atoms. The van der Waals surface area contributed by atoms with Crippen LogP contribution in [0.3, 0.4) is 0 Å². The number of nitrogens with two attached hydrogens (primary N) is 8. The first-order chi connectivity index (χ1) is 48.6. The van der Waals surface area contributed by atoms with E-state index >= 15 is 0 Å². The topological polar surface area (TPSA) is 521 Å². The van der Waals surface area contributed by atoms with E-state index < -0.39 is 74.5 Å². The fraction of sp³-hybridized carbons (Fsp3) is 0.370. The third-order valence-electron chi connectivity index (χ3n) is 16.9. The number of primary amides is 5. The number of carbonyl (C=O) groups excluding carboxylic acids is 10. The quantitative estimate of drug-likeness (QED) is 0.00966. The number of alkyl halides is 1. The molecule has 0 saturated carbocycles. The van der Waals surface area contributed by atoms with E-state index in [-0.39, 0.29) is 86.1 Å². The summed E-state index contributed by atoms with van der Waals surface area (Å²) in [6, 6.07) is 30.6. The lowest BCUT2D eigenvalue weighted by molar-refractivity contribution is -0.385. The van der Waals surface area contributed by atoms with Crippen molar-refractivity contribution in [3.63, 3.8) is 0 Å². The van der Waals surface area contributed by atoms with E-state index in [2.05, 4.69) is 15.9 Å². The number of likely N-dealkylation sites (tertiary alicyclic amines) is 2.